The van der Waals surface area contributed by atoms with Crippen LogP contribution in [0.25, 0.3) is 0 Å². The smallest absolute Gasteiger partial charge is 0.368 e. The largest absolute Gasteiger partial charge is 0.416 e. The first kappa shape index (κ1) is 13.5. The van der Waals surface area contributed by atoms with Crippen molar-refractivity contribution in [2.45, 2.75) is 30.6 Å². The van der Waals surface area contributed by atoms with E-state index in [1.807, 2.05) is 0 Å². The number of rotatable bonds is 1. The molecule has 4 aliphatic heterocycles. The number of imide groups is 1. The average molecular weight is 325 g/mol. The lowest BCUT2D eigenvalue weighted by atomic mass is 9.81. The maximum Gasteiger partial charge on any atom is 0.416 e. The van der Waals surface area contributed by atoms with Crippen LogP contribution < -0.4 is 4.90 Å². The third-order valence-electron chi connectivity index (χ3n) is 5.06. The minimum absolute atomic E-state index is 0.0433. The summed E-state index contributed by atoms with van der Waals surface area (Å²) in [5.41, 5.74) is -0.934. The Morgan fingerprint density at radius 3 is 2.04 bits per heavy atom. The van der Waals surface area contributed by atoms with Crippen LogP contribution in [0.4, 0.5) is 18.9 Å². The molecule has 8 heteroatoms. The molecule has 0 radical (unpaired) electrons. The molecule has 4 saturated heterocycles. The van der Waals surface area contributed by atoms with E-state index in [0.29, 0.717) is 0 Å². The monoisotopic (exact) mass is 325 g/mol. The summed E-state index contributed by atoms with van der Waals surface area (Å²) in [5.74, 6) is -2.29. The van der Waals surface area contributed by atoms with Gasteiger partial charge in [0.1, 0.15) is 12.2 Å². The van der Waals surface area contributed by atoms with Gasteiger partial charge in [-0.2, -0.15) is 13.2 Å². The zero-order valence-corrected chi connectivity index (χ0v) is 11.5. The molecule has 0 saturated carbocycles. The summed E-state index contributed by atoms with van der Waals surface area (Å²) in [6.07, 6.45) is -5.75. The van der Waals surface area contributed by atoms with E-state index in [2.05, 4.69) is 0 Å². The number of nitrogens with zero attached hydrogens (tertiary/aromatic N) is 1. The van der Waals surface area contributed by atoms with E-state index in [1.165, 1.54) is 12.1 Å². The van der Waals surface area contributed by atoms with Crippen molar-refractivity contribution in [3.05, 3.63) is 29.8 Å². The number of halogens is 3. The lowest BCUT2D eigenvalue weighted by Gasteiger charge is -2.19. The van der Waals surface area contributed by atoms with Gasteiger partial charge in [-0.15, -0.1) is 0 Å². The van der Waals surface area contributed by atoms with Gasteiger partial charge in [0.15, 0.2) is 0 Å². The average Bonchev–Trinajstić information content (AvgIpc) is 3.01. The van der Waals surface area contributed by atoms with Crippen molar-refractivity contribution in [2.75, 3.05) is 4.90 Å². The van der Waals surface area contributed by atoms with Crippen LogP contribution in [0, 0.1) is 11.8 Å². The summed E-state index contributed by atoms with van der Waals surface area (Å²) in [4.78, 5) is 26.1. The Bertz CT molecular complexity index is 716. The summed E-state index contributed by atoms with van der Waals surface area (Å²) in [6, 6.07) is 4.27. The minimum Gasteiger partial charge on any atom is -0.368 e. The topological polar surface area (TPSA) is 59.1 Å². The second-order valence-electron chi connectivity index (χ2n) is 6.24. The molecule has 0 aliphatic carbocycles. The normalized spacial score (nSPS) is 40.6. The van der Waals surface area contributed by atoms with E-state index >= 15 is 0 Å². The standard InChI is InChI=1S/C15H10F3NO4/c16-15(17,18)5-2-1-3-6(4-5)19-13(20)7-8(14(19)21)10-12-11(23-12)9(7)22-10/h1-4,7-12H/t7-,8+,9-,10+,11-,12+. The van der Waals surface area contributed by atoms with Crippen LogP contribution in [0.5, 0.6) is 0 Å². The predicted molar refractivity (Wildman–Crippen MR) is 68.2 cm³/mol. The highest BCUT2D eigenvalue weighted by Gasteiger charge is 2.75. The van der Waals surface area contributed by atoms with Crippen LogP contribution in [0.15, 0.2) is 24.3 Å². The highest BCUT2D eigenvalue weighted by atomic mass is 19.4. The molecule has 120 valence electrons. The van der Waals surface area contributed by atoms with Crippen molar-refractivity contribution in [3.8, 4) is 0 Å². The molecule has 0 N–H and O–H groups in total. The number of ether oxygens (including phenoxy) is 2. The Morgan fingerprint density at radius 2 is 1.48 bits per heavy atom. The number of hydrogen-bond donors (Lipinski definition) is 0. The molecule has 1 aromatic carbocycles. The maximum atomic E-state index is 12.8. The molecule has 5 rings (SSSR count). The van der Waals surface area contributed by atoms with Crippen LogP contribution in [-0.4, -0.2) is 36.2 Å². The van der Waals surface area contributed by atoms with Crippen LogP contribution in [-0.2, 0) is 25.2 Å². The minimum atomic E-state index is -4.53. The Morgan fingerprint density at radius 1 is 0.913 bits per heavy atom. The fourth-order valence-corrected chi connectivity index (χ4v) is 4.06. The molecule has 2 amide bonds. The first-order chi connectivity index (χ1) is 10.9. The molecule has 2 bridgehead atoms. The Kier molecular flexibility index (Phi) is 2.31. The number of anilines is 1. The fourth-order valence-electron chi connectivity index (χ4n) is 4.06. The number of amides is 2. The van der Waals surface area contributed by atoms with E-state index in [9.17, 15) is 22.8 Å². The summed E-state index contributed by atoms with van der Waals surface area (Å²) >= 11 is 0. The zero-order chi connectivity index (χ0) is 16.1. The molecule has 23 heavy (non-hydrogen) atoms. The molecule has 4 heterocycles. The predicted octanol–water partition coefficient (Wildman–Crippen LogP) is 1.36. The first-order valence-corrected chi connectivity index (χ1v) is 7.24. The van der Waals surface area contributed by atoms with Gasteiger partial charge in [0.2, 0.25) is 11.8 Å². The van der Waals surface area contributed by atoms with Crippen LogP contribution >= 0.6 is 0 Å². The van der Waals surface area contributed by atoms with E-state index in [0.717, 1.165) is 17.0 Å². The van der Waals surface area contributed by atoms with Gasteiger partial charge >= 0.3 is 6.18 Å². The second-order valence-corrected chi connectivity index (χ2v) is 6.24. The molecule has 4 fully saturated rings. The molecule has 4 aliphatic rings. The lowest BCUT2D eigenvalue weighted by molar-refractivity contribution is -0.137. The summed E-state index contributed by atoms with van der Waals surface area (Å²) in [5, 5.41) is 0. The van der Waals surface area contributed by atoms with Gasteiger partial charge < -0.3 is 9.47 Å². The van der Waals surface area contributed by atoms with Crippen LogP contribution in [0.3, 0.4) is 0 Å². The SMILES string of the molecule is O=C1[C@@H]2[C@@H]3O[C@@H]([C@H]4O[C@H]43)[C@@H]2C(=O)N1c1cccc(C(F)(F)F)c1. The fraction of sp³-hybridized carbons (Fsp3) is 0.467. The third kappa shape index (κ3) is 1.60. The zero-order valence-electron chi connectivity index (χ0n) is 11.5. The number of epoxide rings is 1. The van der Waals surface area contributed by atoms with Crippen molar-refractivity contribution in [1.29, 1.82) is 0 Å². The highest BCUT2D eigenvalue weighted by Crippen LogP contribution is 2.57. The molecule has 6 atom stereocenters. The number of fused-ring (bicyclic) bond motifs is 8. The molecule has 0 aromatic heterocycles. The molecule has 0 unspecified atom stereocenters. The quantitative estimate of drug-likeness (QED) is 0.578. The van der Waals surface area contributed by atoms with Crippen molar-refractivity contribution in [2.24, 2.45) is 11.8 Å². The van der Waals surface area contributed by atoms with Crippen molar-refractivity contribution in [3.63, 3.8) is 0 Å². The highest BCUT2D eigenvalue weighted by molar-refractivity contribution is 6.23. The Labute approximate surface area is 127 Å². The first-order valence-electron chi connectivity index (χ1n) is 7.24. The molecule has 1 aromatic rings. The number of alkyl halides is 3. The van der Waals surface area contributed by atoms with Gasteiger partial charge in [-0.1, -0.05) is 6.07 Å². The maximum absolute atomic E-state index is 12.8. The number of carbonyl (C=O) groups is 2. The van der Waals surface area contributed by atoms with E-state index < -0.39 is 47.6 Å². The third-order valence-corrected chi connectivity index (χ3v) is 5.06. The van der Waals surface area contributed by atoms with E-state index in [-0.39, 0.29) is 17.9 Å². The molecule has 5 nitrogen and oxygen atoms in total. The van der Waals surface area contributed by atoms with E-state index in [1.54, 1.807) is 0 Å². The molecule has 0 spiro atoms. The molecular weight excluding hydrogens is 315 g/mol. The van der Waals surface area contributed by atoms with Gasteiger partial charge in [-0.3, -0.25) is 9.59 Å². The van der Waals surface area contributed by atoms with Crippen LogP contribution in [0.1, 0.15) is 5.56 Å². The van der Waals surface area contributed by atoms with Crippen LogP contribution in [0.2, 0.25) is 0 Å². The Balaban J connectivity index is 1.53. The van der Waals surface area contributed by atoms with Gasteiger partial charge in [0.25, 0.3) is 0 Å². The van der Waals surface area contributed by atoms with Gasteiger partial charge in [0.05, 0.1) is 35.3 Å². The summed E-state index contributed by atoms with van der Waals surface area (Å²) in [6.45, 7) is 0. The van der Waals surface area contributed by atoms with E-state index in [4.69, 9.17) is 9.47 Å². The van der Waals surface area contributed by atoms with Gasteiger partial charge in [0, 0.05) is 0 Å². The number of carbonyl (C=O) groups excluding carboxylic acids is 2. The van der Waals surface area contributed by atoms with Crippen molar-refractivity contribution >= 4 is 17.5 Å². The number of hydrogen-bond acceptors (Lipinski definition) is 4. The molecular formula is C15H10F3NO4. The van der Waals surface area contributed by atoms with Gasteiger partial charge in [-0.05, 0) is 18.2 Å². The lowest BCUT2D eigenvalue weighted by Crippen LogP contribution is -2.35. The summed E-state index contributed by atoms with van der Waals surface area (Å²) in [7, 11) is 0. The summed E-state index contributed by atoms with van der Waals surface area (Å²) < 4.78 is 49.6. The number of benzene rings is 1. The van der Waals surface area contributed by atoms with Crippen molar-refractivity contribution < 1.29 is 32.2 Å². The second kappa shape index (κ2) is 3.93. The van der Waals surface area contributed by atoms with Crippen molar-refractivity contribution in [1.82, 2.24) is 0 Å². The van der Waals surface area contributed by atoms with Gasteiger partial charge in [-0.25, -0.2) is 4.90 Å². The Hall–Kier alpha value is -1.93.